The highest BCUT2D eigenvalue weighted by atomic mass is 19.4. The molecular weight excluding hydrogens is 498 g/mol. The molecule has 1 aliphatic carbocycles. The zero-order chi connectivity index (χ0) is 26.9. The van der Waals surface area contributed by atoms with Gasteiger partial charge in [-0.2, -0.15) is 13.2 Å². The molecule has 0 fully saturated rings. The van der Waals surface area contributed by atoms with Crippen LogP contribution in [0.4, 0.5) is 29.1 Å². The Morgan fingerprint density at radius 2 is 1.82 bits per heavy atom. The summed E-state index contributed by atoms with van der Waals surface area (Å²) in [6.45, 7) is 1.68. The lowest BCUT2D eigenvalue weighted by Crippen LogP contribution is -2.19. The lowest BCUT2D eigenvalue weighted by molar-refractivity contribution is -0.137. The van der Waals surface area contributed by atoms with E-state index < -0.39 is 29.8 Å². The largest absolute Gasteiger partial charge is 0.485 e. The van der Waals surface area contributed by atoms with Crippen LogP contribution < -0.4 is 10.1 Å². The summed E-state index contributed by atoms with van der Waals surface area (Å²) in [4.78, 5) is 8.58. The van der Waals surface area contributed by atoms with Crippen LogP contribution in [-0.2, 0) is 19.0 Å². The second-order valence-corrected chi connectivity index (χ2v) is 9.27. The van der Waals surface area contributed by atoms with Crippen molar-refractivity contribution in [3.05, 3.63) is 101 Å². The Labute approximate surface area is 217 Å². The number of nitrogens with zero attached hydrogens (tertiary/aromatic N) is 2. The second-order valence-electron chi connectivity index (χ2n) is 9.27. The quantitative estimate of drug-likeness (QED) is 0.266. The van der Waals surface area contributed by atoms with Gasteiger partial charge in [0.15, 0.2) is 0 Å². The number of alkyl halides is 3. The molecule has 0 aliphatic heterocycles. The monoisotopic (exact) mass is 523 g/mol. The van der Waals surface area contributed by atoms with E-state index in [1.54, 1.807) is 13.0 Å². The van der Waals surface area contributed by atoms with Crippen LogP contribution in [0.25, 0.3) is 11.3 Å². The Morgan fingerprint density at radius 1 is 1.03 bits per heavy atom. The minimum atomic E-state index is -4.56. The standard InChI is InChI=1S/C29H25F4N3O2/c1-17(18-5-9-21(30)10-6-18)38-27-13-20(29(31,32)33)8-12-23(27)26-15-28(35-16-34-26)36-25-4-2-3-19-7-11-22(37)14-24(19)25/h2-6,8-10,12-13,15-17,22,37H,7,11,14H2,1H3,(H,34,35,36)/t17-,22+/m1/s1. The van der Waals surface area contributed by atoms with E-state index >= 15 is 0 Å². The molecule has 3 aromatic carbocycles. The second kappa shape index (κ2) is 10.4. The lowest BCUT2D eigenvalue weighted by atomic mass is 9.88. The molecular formula is C29H25F4N3O2. The molecule has 5 nitrogen and oxygen atoms in total. The van der Waals surface area contributed by atoms with Gasteiger partial charge in [-0.1, -0.05) is 24.3 Å². The zero-order valence-electron chi connectivity index (χ0n) is 20.5. The van der Waals surface area contributed by atoms with E-state index in [1.165, 1.54) is 36.7 Å². The Bertz CT molecular complexity index is 1440. The fraction of sp³-hybridized carbons (Fsp3) is 0.241. The number of rotatable bonds is 6. The highest BCUT2D eigenvalue weighted by Gasteiger charge is 2.32. The summed E-state index contributed by atoms with van der Waals surface area (Å²) in [6, 6.07) is 16.3. The van der Waals surface area contributed by atoms with Gasteiger partial charge < -0.3 is 15.2 Å². The summed E-state index contributed by atoms with van der Waals surface area (Å²) in [7, 11) is 0. The lowest BCUT2D eigenvalue weighted by Gasteiger charge is -2.23. The number of fused-ring (bicyclic) bond motifs is 1. The summed E-state index contributed by atoms with van der Waals surface area (Å²) >= 11 is 0. The van der Waals surface area contributed by atoms with Gasteiger partial charge in [0.2, 0.25) is 0 Å². The smallest absolute Gasteiger partial charge is 0.416 e. The topological polar surface area (TPSA) is 67.3 Å². The number of aryl methyl sites for hydroxylation is 1. The van der Waals surface area contributed by atoms with Gasteiger partial charge in [-0.15, -0.1) is 0 Å². The van der Waals surface area contributed by atoms with E-state index in [1.807, 2.05) is 18.2 Å². The third-order valence-corrected chi connectivity index (χ3v) is 6.62. The van der Waals surface area contributed by atoms with E-state index in [9.17, 15) is 22.7 Å². The number of hydrogen-bond acceptors (Lipinski definition) is 5. The number of halogens is 4. The van der Waals surface area contributed by atoms with E-state index in [0.29, 0.717) is 35.5 Å². The number of hydrogen-bond donors (Lipinski definition) is 2. The van der Waals surface area contributed by atoms with E-state index in [-0.39, 0.29) is 5.75 Å². The minimum Gasteiger partial charge on any atom is -0.485 e. The van der Waals surface area contributed by atoms with Crippen LogP contribution in [0.2, 0.25) is 0 Å². The maximum Gasteiger partial charge on any atom is 0.416 e. The van der Waals surface area contributed by atoms with Gasteiger partial charge in [0.25, 0.3) is 0 Å². The third-order valence-electron chi connectivity index (χ3n) is 6.62. The van der Waals surface area contributed by atoms with E-state index in [0.717, 1.165) is 35.4 Å². The normalized spacial score (nSPS) is 16.0. The van der Waals surface area contributed by atoms with E-state index in [2.05, 4.69) is 15.3 Å². The van der Waals surface area contributed by atoms with Crippen LogP contribution in [0.15, 0.2) is 73.1 Å². The van der Waals surface area contributed by atoms with Gasteiger partial charge in [0, 0.05) is 23.7 Å². The molecule has 1 aliphatic rings. The first-order chi connectivity index (χ1) is 18.2. The summed E-state index contributed by atoms with van der Waals surface area (Å²) in [5.41, 5.74) is 3.44. The molecule has 0 radical (unpaired) electrons. The summed E-state index contributed by atoms with van der Waals surface area (Å²) in [5.74, 6) is 0.0123. The first kappa shape index (κ1) is 25.7. The van der Waals surface area contributed by atoms with Gasteiger partial charge >= 0.3 is 6.18 Å². The highest BCUT2D eigenvalue weighted by molar-refractivity contribution is 5.72. The molecule has 0 bridgehead atoms. The van der Waals surface area contributed by atoms with Crippen molar-refractivity contribution in [3.8, 4) is 17.0 Å². The van der Waals surface area contributed by atoms with Crippen LogP contribution in [0.5, 0.6) is 5.75 Å². The van der Waals surface area contributed by atoms with Gasteiger partial charge in [0.05, 0.1) is 17.4 Å². The molecule has 1 heterocycles. The highest BCUT2D eigenvalue weighted by Crippen LogP contribution is 2.39. The predicted molar refractivity (Wildman–Crippen MR) is 136 cm³/mol. The molecule has 5 rings (SSSR count). The van der Waals surface area contributed by atoms with Crippen LogP contribution >= 0.6 is 0 Å². The Kier molecular flexibility index (Phi) is 7.03. The molecule has 9 heteroatoms. The minimum absolute atomic E-state index is 0.0125. The van der Waals surface area contributed by atoms with E-state index in [4.69, 9.17) is 4.74 Å². The number of ether oxygens (including phenoxy) is 1. The molecule has 0 unspecified atom stereocenters. The average molecular weight is 524 g/mol. The maximum absolute atomic E-state index is 13.5. The predicted octanol–water partition coefficient (Wildman–Crippen LogP) is 7.03. The fourth-order valence-corrected chi connectivity index (χ4v) is 4.60. The van der Waals surface area contributed by atoms with Crippen molar-refractivity contribution < 1.29 is 27.4 Å². The van der Waals surface area contributed by atoms with Crippen molar-refractivity contribution in [1.82, 2.24) is 9.97 Å². The Morgan fingerprint density at radius 3 is 2.58 bits per heavy atom. The number of aliphatic hydroxyl groups excluding tert-OH is 1. The van der Waals surface area contributed by atoms with Gasteiger partial charge in [-0.3, -0.25) is 0 Å². The zero-order valence-corrected chi connectivity index (χ0v) is 20.5. The van der Waals surface area contributed by atoms with Crippen LogP contribution in [-0.4, -0.2) is 21.2 Å². The first-order valence-corrected chi connectivity index (χ1v) is 12.2. The number of aromatic nitrogens is 2. The molecule has 38 heavy (non-hydrogen) atoms. The summed E-state index contributed by atoms with van der Waals surface area (Å²) in [6.07, 6.45) is -2.30. The summed E-state index contributed by atoms with van der Waals surface area (Å²) in [5, 5.41) is 13.4. The number of anilines is 2. The third kappa shape index (κ3) is 5.62. The molecule has 0 spiro atoms. The first-order valence-electron chi connectivity index (χ1n) is 12.2. The molecule has 0 saturated carbocycles. The van der Waals surface area contributed by atoms with Crippen molar-refractivity contribution >= 4 is 11.5 Å². The number of aliphatic hydroxyl groups is 1. The van der Waals surface area contributed by atoms with Crippen molar-refractivity contribution in [2.75, 3.05) is 5.32 Å². The fourth-order valence-electron chi connectivity index (χ4n) is 4.60. The van der Waals surface area contributed by atoms with Crippen molar-refractivity contribution in [1.29, 1.82) is 0 Å². The SMILES string of the molecule is C[C@@H](Oc1cc(C(F)(F)F)ccc1-c1cc(Nc2cccc3c2C[C@@H](O)CC3)ncn1)c1ccc(F)cc1. The van der Waals surface area contributed by atoms with Gasteiger partial charge in [-0.05, 0) is 72.9 Å². The number of nitrogens with one attached hydrogen (secondary N) is 1. The van der Waals surface area contributed by atoms with Crippen LogP contribution in [0.1, 0.15) is 41.7 Å². The molecule has 0 amide bonds. The molecule has 196 valence electrons. The summed E-state index contributed by atoms with van der Waals surface area (Å²) < 4.78 is 59.9. The molecule has 2 N–H and O–H groups in total. The van der Waals surface area contributed by atoms with Gasteiger partial charge in [0.1, 0.15) is 29.8 Å². The molecule has 1 aromatic heterocycles. The molecule has 0 saturated heterocycles. The molecule has 2 atom stereocenters. The Balaban J connectivity index is 1.49. The van der Waals surface area contributed by atoms with Crippen molar-refractivity contribution in [3.63, 3.8) is 0 Å². The van der Waals surface area contributed by atoms with Crippen LogP contribution in [0, 0.1) is 5.82 Å². The number of benzene rings is 3. The molecule has 4 aromatic rings. The van der Waals surface area contributed by atoms with Crippen LogP contribution in [0.3, 0.4) is 0 Å². The van der Waals surface area contributed by atoms with Gasteiger partial charge in [-0.25, -0.2) is 14.4 Å². The maximum atomic E-state index is 13.5. The Hall–Kier alpha value is -3.98. The average Bonchev–Trinajstić information content (AvgIpc) is 2.89. The van der Waals surface area contributed by atoms with Crippen molar-refractivity contribution in [2.24, 2.45) is 0 Å². The van der Waals surface area contributed by atoms with Crippen molar-refractivity contribution in [2.45, 2.75) is 44.6 Å².